The van der Waals surface area contributed by atoms with Gasteiger partial charge in [0.1, 0.15) is 11.3 Å². The quantitative estimate of drug-likeness (QED) is 0.369. The maximum absolute atomic E-state index is 10.3. The molecule has 0 aliphatic carbocycles. The molecule has 5 rings (SSSR count). The summed E-state index contributed by atoms with van der Waals surface area (Å²) < 4.78 is 5.96. The Kier molecular flexibility index (Phi) is 4.10. The molecule has 29 heavy (non-hydrogen) atoms. The Labute approximate surface area is 167 Å². The minimum Gasteiger partial charge on any atom is -0.507 e. The third kappa shape index (κ3) is 3.25. The van der Waals surface area contributed by atoms with Crippen molar-refractivity contribution in [1.82, 2.24) is 4.98 Å². The van der Waals surface area contributed by atoms with Crippen LogP contribution in [0.1, 0.15) is 11.1 Å². The Morgan fingerprint density at radius 3 is 2.72 bits per heavy atom. The monoisotopic (exact) mass is 378 g/mol. The van der Waals surface area contributed by atoms with Gasteiger partial charge >= 0.3 is 0 Å². The van der Waals surface area contributed by atoms with Crippen LogP contribution in [0.25, 0.3) is 33.3 Å². The molecule has 0 atom stereocenters. The minimum atomic E-state index is 0.204. The standard InChI is InChI=1S/C25H18N2O2/c1-16-5-4-7-18(13-16)25-27-22-11-10-19(14-24(22)29-25)26-15-21-20-8-3-2-6-17(20)9-12-23(21)28/h2-15,28H,1H3. The number of hydrogen-bond acceptors (Lipinski definition) is 4. The van der Waals surface area contributed by atoms with Gasteiger partial charge in [-0.2, -0.15) is 0 Å². The third-order valence-electron chi connectivity index (χ3n) is 4.93. The molecule has 4 nitrogen and oxygen atoms in total. The highest BCUT2D eigenvalue weighted by atomic mass is 16.3. The second kappa shape index (κ2) is 6.91. The van der Waals surface area contributed by atoms with Crippen molar-refractivity contribution >= 4 is 33.8 Å². The first-order chi connectivity index (χ1) is 14.2. The third-order valence-corrected chi connectivity index (χ3v) is 4.93. The molecule has 4 aromatic carbocycles. The van der Waals surface area contributed by atoms with Crippen LogP contribution >= 0.6 is 0 Å². The predicted molar refractivity (Wildman–Crippen MR) is 117 cm³/mol. The van der Waals surface area contributed by atoms with Gasteiger partial charge in [0, 0.05) is 23.4 Å². The number of aliphatic imine (C=N–C) groups is 1. The maximum atomic E-state index is 10.3. The zero-order chi connectivity index (χ0) is 19.8. The molecule has 0 spiro atoms. The Balaban J connectivity index is 1.53. The normalized spacial score (nSPS) is 11.6. The molecule has 1 aromatic heterocycles. The highest BCUT2D eigenvalue weighted by Gasteiger charge is 2.09. The summed E-state index contributed by atoms with van der Waals surface area (Å²) in [7, 11) is 0. The van der Waals surface area contributed by atoms with E-state index in [1.165, 1.54) is 0 Å². The number of phenols is 1. The first-order valence-corrected chi connectivity index (χ1v) is 9.40. The molecule has 0 unspecified atom stereocenters. The van der Waals surface area contributed by atoms with Crippen LogP contribution in [-0.4, -0.2) is 16.3 Å². The summed E-state index contributed by atoms with van der Waals surface area (Å²) >= 11 is 0. The van der Waals surface area contributed by atoms with Gasteiger partial charge in [0.2, 0.25) is 5.89 Å². The summed E-state index contributed by atoms with van der Waals surface area (Å²) in [5, 5.41) is 12.3. The van der Waals surface area contributed by atoms with Crippen LogP contribution in [0.2, 0.25) is 0 Å². The molecule has 0 saturated carbocycles. The lowest BCUT2D eigenvalue weighted by atomic mass is 10.0. The Morgan fingerprint density at radius 1 is 0.931 bits per heavy atom. The SMILES string of the molecule is Cc1cccc(-c2nc3ccc(N=Cc4c(O)ccc5ccccc45)cc3o2)c1. The molecule has 5 aromatic rings. The fraction of sp³-hybridized carbons (Fsp3) is 0.0400. The minimum absolute atomic E-state index is 0.204. The van der Waals surface area contributed by atoms with Gasteiger partial charge in [-0.25, -0.2) is 4.98 Å². The van der Waals surface area contributed by atoms with E-state index in [0.717, 1.165) is 33.1 Å². The first kappa shape index (κ1) is 17.2. The van der Waals surface area contributed by atoms with Crippen molar-refractivity contribution in [3.8, 4) is 17.2 Å². The van der Waals surface area contributed by atoms with Crippen molar-refractivity contribution in [2.45, 2.75) is 6.92 Å². The van der Waals surface area contributed by atoms with E-state index in [9.17, 15) is 5.11 Å². The molecule has 0 saturated heterocycles. The topological polar surface area (TPSA) is 58.6 Å². The number of nitrogens with zero attached hydrogens (tertiary/aromatic N) is 2. The van der Waals surface area contributed by atoms with Gasteiger partial charge < -0.3 is 9.52 Å². The predicted octanol–water partition coefficient (Wildman–Crippen LogP) is 6.41. The number of aromatic hydroxyl groups is 1. The second-order valence-corrected chi connectivity index (χ2v) is 7.02. The molecule has 0 aliphatic heterocycles. The van der Waals surface area contributed by atoms with E-state index < -0.39 is 0 Å². The summed E-state index contributed by atoms with van der Waals surface area (Å²) in [6.45, 7) is 2.04. The lowest BCUT2D eigenvalue weighted by Gasteiger charge is -2.04. The van der Waals surface area contributed by atoms with Crippen molar-refractivity contribution in [1.29, 1.82) is 0 Å². The van der Waals surface area contributed by atoms with E-state index in [2.05, 4.69) is 9.98 Å². The largest absolute Gasteiger partial charge is 0.507 e. The molecule has 1 N–H and O–H groups in total. The smallest absolute Gasteiger partial charge is 0.227 e. The zero-order valence-electron chi connectivity index (χ0n) is 15.8. The molecule has 0 bridgehead atoms. The molecular weight excluding hydrogens is 360 g/mol. The molecular formula is C25H18N2O2. The summed E-state index contributed by atoms with van der Waals surface area (Å²) in [5.74, 6) is 0.798. The lowest BCUT2D eigenvalue weighted by molar-refractivity contribution is 0.475. The number of hydrogen-bond donors (Lipinski definition) is 1. The van der Waals surface area contributed by atoms with E-state index in [0.29, 0.717) is 17.0 Å². The summed E-state index contributed by atoms with van der Waals surface area (Å²) in [4.78, 5) is 9.14. The Morgan fingerprint density at radius 2 is 1.83 bits per heavy atom. The summed E-state index contributed by atoms with van der Waals surface area (Å²) in [5.41, 5.74) is 5.00. The average Bonchev–Trinajstić information content (AvgIpc) is 3.16. The van der Waals surface area contributed by atoms with Crippen LogP contribution in [0.3, 0.4) is 0 Å². The van der Waals surface area contributed by atoms with Crippen molar-refractivity contribution in [3.05, 3.63) is 90.0 Å². The lowest BCUT2D eigenvalue weighted by Crippen LogP contribution is -1.85. The summed E-state index contributed by atoms with van der Waals surface area (Å²) in [6, 6.07) is 25.2. The maximum Gasteiger partial charge on any atom is 0.227 e. The Bertz CT molecular complexity index is 1380. The van der Waals surface area contributed by atoms with Crippen LogP contribution in [0, 0.1) is 6.92 Å². The van der Waals surface area contributed by atoms with Crippen LogP contribution in [-0.2, 0) is 0 Å². The highest BCUT2D eigenvalue weighted by molar-refractivity contribution is 6.03. The number of aromatic nitrogens is 1. The van der Waals surface area contributed by atoms with Gasteiger partial charge in [0.15, 0.2) is 5.58 Å². The van der Waals surface area contributed by atoms with Gasteiger partial charge in [-0.3, -0.25) is 4.99 Å². The van der Waals surface area contributed by atoms with Gasteiger partial charge in [0.25, 0.3) is 0 Å². The molecule has 1 heterocycles. The molecule has 0 radical (unpaired) electrons. The van der Waals surface area contributed by atoms with E-state index in [-0.39, 0.29) is 5.75 Å². The van der Waals surface area contributed by atoms with Crippen molar-refractivity contribution in [3.63, 3.8) is 0 Å². The van der Waals surface area contributed by atoms with Gasteiger partial charge in [-0.1, -0.05) is 48.0 Å². The van der Waals surface area contributed by atoms with Crippen molar-refractivity contribution < 1.29 is 9.52 Å². The summed E-state index contributed by atoms with van der Waals surface area (Å²) in [6.07, 6.45) is 1.69. The van der Waals surface area contributed by atoms with Crippen LogP contribution in [0.15, 0.2) is 88.3 Å². The second-order valence-electron chi connectivity index (χ2n) is 7.02. The molecule has 0 fully saturated rings. The zero-order valence-corrected chi connectivity index (χ0v) is 15.8. The number of fused-ring (bicyclic) bond motifs is 2. The van der Waals surface area contributed by atoms with E-state index in [4.69, 9.17) is 4.42 Å². The number of phenolic OH excluding ortho intramolecular Hbond substituents is 1. The number of aryl methyl sites for hydroxylation is 1. The van der Waals surface area contributed by atoms with Gasteiger partial charge in [-0.05, 0) is 48.0 Å². The molecule has 0 amide bonds. The van der Waals surface area contributed by atoms with Crippen molar-refractivity contribution in [2.75, 3.05) is 0 Å². The number of rotatable bonds is 3. The van der Waals surface area contributed by atoms with Crippen molar-refractivity contribution in [2.24, 2.45) is 4.99 Å². The molecule has 140 valence electrons. The van der Waals surface area contributed by atoms with E-state index in [1.807, 2.05) is 79.7 Å². The average molecular weight is 378 g/mol. The van der Waals surface area contributed by atoms with Gasteiger partial charge in [-0.15, -0.1) is 0 Å². The van der Waals surface area contributed by atoms with E-state index in [1.54, 1.807) is 12.3 Å². The Hall–Kier alpha value is -3.92. The van der Waals surface area contributed by atoms with Crippen LogP contribution in [0.4, 0.5) is 5.69 Å². The first-order valence-electron chi connectivity index (χ1n) is 9.40. The van der Waals surface area contributed by atoms with E-state index >= 15 is 0 Å². The number of oxazole rings is 1. The molecule has 0 aliphatic rings. The van der Waals surface area contributed by atoms with Crippen LogP contribution in [0.5, 0.6) is 5.75 Å². The fourth-order valence-corrected chi connectivity index (χ4v) is 3.45. The molecule has 4 heteroatoms. The highest BCUT2D eigenvalue weighted by Crippen LogP contribution is 2.29. The fourth-order valence-electron chi connectivity index (χ4n) is 3.45. The van der Waals surface area contributed by atoms with Crippen LogP contribution < -0.4 is 0 Å². The van der Waals surface area contributed by atoms with Gasteiger partial charge in [0.05, 0.1) is 5.69 Å². The number of benzene rings is 4.